The minimum atomic E-state index is -0.769. The fourth-order valence-electron chi connectivity index (χ4n) is 5.29. The van der Waals surface area contributed by atoms with Gasteiger partial charge in [0.2, 0.25) is 6.79 Å². The van der Waals surface area contributed by atoms with Gasteiger partial charge in [-0.25, -0.2) is 0 Å². The largest absolute Gasteiger partial charge is 0.507 e. The van der Waals surface area contributed by atoms with Crippen molar-refractivity contribution in [1.29, 1.82) is 0 Å². The molecule has 7 nitrogen and oxygen atoms in total. The summed E-state index contributed by atoms with van der Waals surface area (Å²) in [5.41, 5.74) is 3.85. The van der Waals surface area contributed by atoms with Crippen LogP contribution in [0.5, 0.6) is 11.5 Å². The third kappa shape index (κ3) is 3.59. The van der Waals surface area contributed by atoms with Crippen LogP contribution in [0.15, 0.2) is 72.3 Å². The van der Waals surface area contributed by atoms with Gasteiger partial charge in [0, 0.05) is 30.0 Å². The molecule has 0 bridgehead atoms. The number of aliphatic hydroxyl groups is 1. The van der Waals surface area contributed by atoms with E-state index in [4.69, 9.17) is 9.47 Å². The summed E-state index contributed by atoms with van der Waals surface area (Å²) >= 11 is 0. The van der Waals surface area contributed by atoms with Gasteiger partial charge >= 0.3 is 0 Å². The van der Waals surface area contributed by atoms with Crippen LogP contribution in [-0.4, -0.2) is 36.7 Å². The smallest absolute Gasteiger partial charge is 0.300 e. The average Bonchev–Trinajstić information content (AvgIpc) is 3.65. The fourth-order valence-corrected chi connectivity index (χ4v) is 5.29. The Hall–Kier alpha value is -4.26. The Morgan fingerprint density at radius 1 is 0.889 bits per heavy atom. The monoisotopic (exact) mass is 482 g/mol. The molecule has 0 aliphatic carbocycles. The molecule has 1 unspecified atom stereocenters. The van der Waals surface area contributed by atoms with Crippen molar-refractivity contribution in [3.8, 4) is 11.5 Å². The molecule has 0 saturated carbocycles. The zero-order valence-electron chi connectivity index (χ0n) is 19.9. The standard InChI is InChI=1S/C29H26N2O5/c1-18-6-2-3-7-22(18)26-25(27(32)19-8-13-23-24(16-19)36-17-35-23)28(33)29(34)31(26)21-11-9-20(10-12-21)30-14-4-5-15-30/h2-3,6-13,16,26,32H,4-5,14-15,17H2,1H3/b27-25+. The van der Waals surface area contributed by atoms with Crippen molar-refractivity contribution < 1.29 is 24.2 Å². The number of Topliss-reactive ketones (excluding diaryl/α,β-unsaturated/α-hetero) is 1. The molecule has 0 spiro atoms. The molecule has 182 valence electrons. The molecule has 3 heterocycles. The summed E-state index contributed by atoms with van der Waals surface area (Å²) in [7, 11) is 0. The van der Waals surface area contributed by atoms with E-state index in [-0.39, 0.29) is 18.1 Å². The van der Waals surface area contributed by atoms with E-state index in [1.165, 1.54) is 17.7 Å². The number of aliphatic hydroxyl groups excluding tert-OH is 1. The second kappa shape index (κ2) is 8.75. The van der Waals surface area contributed by atoms with Crippen LogP contribution in [0.4, 0.5) is 11.4 Å². The molecule has 1 amide bonds. The highest BCUT2D eigenvalue weighted by atomic mass is 16.7. The lowest BCUT2D eigenvalue weighted by Crippen LogP contribution is -2.29. The van der Waals surface area contributed by atoms with Crippen LogP contribution in [0.3, 0.4) is 0 Å². The number of rotatable bonds is 4. The van der Waals surface area contributed by atoms with Gasteiger partial charge in [-0.2, -0.15) is 0 Å². The minimum absolute atomic E-state index is 0.0526. The molecule has 2 fully saturated rings. The minimum Gasteiger partial charge on any atom is -0.507 e. The maximum absolute atomic E-state index is 13.5. The summed E-state index contributed by atoms with van der Waals surface area (Å²) in [6.45, 7) is 4.07. The number of fused-ring (bicyclic) bond motifs is 1. The van der Waals surface area contributed by atoms with Gasteiger partial charge in [0.15, 0.2) is 11.5 Å². The molecule has 3 aliphatic rings. The quantitative estimate of drug-likeness (QED) is 0.322. The second-order valence-corrected chi connectivity index (χ2v) is 9.30. The maximum atomic E-state index is 13.5. The predicted molar refractivity (Wildman–Crippen MR) is 136 cm³/mol. The van der Waals surface area contributed by atoms with E-state index in [1.54, 1.807) is 18.2 Å². The van der Waals surface area contributed by atoms with E-state index in [1.807, 2.05) is 55.5 Å². The molecule has 3 aromatic carbocycles. The Balaban J connectivity index is 1.48. The number of ketones is 1. The van der Waals surface area contributed by atoms with Gasteiger partial charge in [0.05, 0.1) is 11.6 Å². The summed E-state index contributed by atoms with van der Waals surface area (Å²) < 4.78 is 10.8. The van der Waals surface area contributed by atoms with Crippen molar-refractivity contribution in [2.45, 2.75) is 25.8 Å². The number of aryl methyl sites for hydroxylation is 1. The number of carbonyl (C=O) groups is 2. The summed E-state index contributed by atoms with van der Waals surface area (Å²) in [6, 6.07) is 19.6. The van der Waals surface area contributed by atoms with Crippen LogP contribution in [-0.2, 0) is 9.59 Å². The Kier molecular flexibility index (Phi) is 5.40. The number of hydrogen-bond acceptors (Lipinski definition) is 6. The topological polar surface area (TPSA) is 79.3 Å². The zero-order valence-corrected chi connectivity index (χ0v) is 19.9. The Bertz CT molecular complexity index is 1390. The van der Waals surface area contributed by atoms with Crippen molar-refractivity contribution in [2.75, 3.05) is 29.7 Å². The number of amides is 1. The lowest BCUT2D eigenvalue weighted by atomic mass is 9.92. The predicted octanol–water partition coefficient (Wildman–Crippen LogP) is 4.95. The molecule has 0 radical (unpaired) electrons. The molecule has 6 rings (SSSR count). The van der Waals surface area contributed by atoms with Crippen LogP contribution in [0.25, 0.3) is 5.76 Å². The number of ether oxygens (including phenoxy) is 2. The molecule has 1 N–H and O–H groups in total. The average molecular weight is 483 g/mol. The van der Waals surface area contributed by atoms with Gasteiger partial charge in [-0.1, -0.05) is 24.3 Å². The lowest BCUT2D eigenvalue weighted by molar-refractivity contribution is -0.132. The SMILES string of the molecule is Cc1ccccc1C1/C(=C(\O)c2ccc3c(c2)OCO3)C(=O)C(=O)N1c1ccc(N2CCCC2)cc1. The van der Waals surface area contributed by atoms with Gasteiger partial charge in [0.1, 0.15) is 5.76 Å². The van der Waals surface area contributed by atoms with Gasteiger partial charge in [0.25, 0.3) is 11.7 Å². The molecular formula is C29H26N2O5. The molecule has 0 aromatic heterocycles. The highest BCUT2D eigenvalue weighted by Crippen LogP contribution is 2.44. The normalized spacial score (nSPS) is 20.4. The van der Waals surface area contributed by atoms with E-state index < -0.39 is 17.7 Å². The summed E-state index contributed by atoms with van der Waals surface area (Å²) in [4.78, 5) is 30.7. The van der Waals surface area contributed by atoms with Crippen LogP contribution >= 0.6 is 0 Å². The van der Waals surface area contributed by atoms with E-state index in [2.05, 4.69) is 4.90 Å². The van der Waals surface area contributed by atoms with Crippen LogP contribution in [0.2, 0.25) is 0 Å². The van der Waals surface area contributed by atoms with Crippen LogP contribution in [0.1, 0.15) is 35.6 Å². The third-order valence-corrected chi connectivity index (χ3v) is 7.17. The van der Waals surface area contributed by atoms with Crippen LogP contribution < -0.4 is 19.3 Å². The Morgan fingerprint density at radius 2 is 1.58 bits per heavy atom. The third-order valence-electron chi connectivity index (χ3n) is 7.17. The van der Waals surface area contributed by atoms with E-state index >= 15 is 0 Å². The first kappa shape index (κ1) is 22.2. The second-order valence-electron chi connectivity index (χ2n) is 9.30. The van der Waals surface area contributed by atoms with Crippen LogP contribution in [0, 0.1) is 6.92 Å². The zero-order chi connectivity index (χ0) is 24.8. The Labute approximate surface area is 209 Å². The first-order chi connectivity index (χ1) is 17.5. The first-order valence-corrected chi connectivity index (χ1v) is 12.1. The van der Waals surface area contributed by atoms with E-state index in [0.29, 0.717) is 22.7 Å². The number of anilines is 2. The highest BCUT2D eigenvalue weighted by molar-refractivity contribution is 6.51. The molecule has 7 heteroatoms. The van der Waals surface area contributed by atoms with Gasteiger partial charge in [-0.3, -0.25) is 14.5 Å². The molecule has 3 aromatic rings. The summed E-state index contributed by atoms with van der Waals surface area (Å²) in [5, 5.41) is 11.4. The van der Waals surface area contributed by atoms with E-state index in [0.717, 1.165) is 29.9 Å². The first-order valence-electron chi connectivity index (χ1n) is 12.1. The van der Waals surface area contributed by atoms with Gasteiger partial charge < -0.3 is 19.5 Å². The number of nitrogens with zero attached hydrogens (tertiary/aromatic N) is 2. The molecule has 36 heavy (non-hydrogen) atoms. The van der Waals surface area contributed by atoms with Gasteiger partial charge in [-0.05, 0) is 73.4 Å². The number of carbonyl (C=O) groups excluding carboxylic acids is 2. The molecule has 2 saturated heterocycles. The van der Waals surface area contributed by atoms with Crippen molar-refractivity contribution >= 4 is 28.8 Å². The Morgan fingerprint density at radius 3 is 2.33 bits per heavy atom. The van der Waals surface area contributed by atoms with E-state index in [9.17, 15) is 14.7 Å². The van der Waals surface area contributed by atoms with Crippen molar-refractivity contribution in [1.82, 2.24) is 0 Å². The summed E-state index contributed by atoms with van der Waals surface area (Å²) in [5.74, 6) is -0.573. The number of hydrogen-bond donors (Lipinski definition) is 1. The van der Waals surface area contributed by atoms with Crippen molar-refractivity contribution in [3.05, 3.63) is 89.0 Å². The fraction of sp³-hybridized carbons (Fsp3) is 0.241. The number of benzene rings is 3. The highest BCUT2D eigenvalue weighted by Gasteiger charge is 2.47. The molecule has 3 aliphatic heterocycles. The molecular weight excluding hydrogens is 456 g/mol. The lowest BCUT2D eigenvalue weighted by Gasteiger charge is -2.27. The summed E-state index contributed by atoms with van der Waals surface area (Å²) in [6.07, 6.45) is 2.34. The van der Waals surface area contributed by atoms with Gasteiger partial charge in [-0.15, -0.1) is 0 Å². The molecule has 1 atom stereocenters. The van der Waals surface area contributed by atoms with Crippen molar-refractivity contribution in [2.24, 2.45) is 0 Å². The van der Waals surface area contributed by atoms with Crippen molar-refractivity contribution in [3.63, 3.8) is 0 Å². The maximum Gasteiger partial charge on any atom is 0.300 e.